The number of hydrogen-bond acceptors (Lipinski definition) is 4. The minimum Gasteiger partial charge on any atom is -0.461 e. The van der Waals surface area contributed by atoms with Crippen molar-refractivity contribution in [2.75, 3.05) is 6.61 Å². The number of rotatable bonds is 5. The van der Waals surface area contributed by atoms with Crippen LogP contribution in [-0.4, -0.2) is 23.1 Å². The van der Waals surface area contributed by atoms with Gasteiger partial charge in [-0.1, -0.05) is 17.7 Å². The first-order valence-electron chi connectivity index (χ1n) is 9.05. The third kappa shape index (κ3) is 4.88. The second-order valence-electron chi connectivity index (χ2n) is 6.55. The molecule has 2 aromatic carbocycles. The van der Waals surface area contributed by atoms with Crippen molar-refractivity contribution in [2.24, 2.45) is 0 Å². The summed E-state index contributed by atoms with van der Waals surface area (Å²) in [7, 11) is 0. The molecule has 0 atom stereocenters. The van der Waals surface area contributed by atoms with Crippen molar-refractivity contribution < 1.29 is 32.2 Å². The Kier molecular flexibility index (Phi) is 6.66. The van der Waals surface area contributed by atoms with Crippen LogP contribution in [0.3, 0.4) is 0 Å². The van der Waals surface area contributed by atoms with Crippen molar-refractivity contribution in [3.63, 3.8) is 0 Å². The minimum atomic E-state index is -4.62. The van der Waals surface area contributed by atoms with Crippen LogP contribution in [0.2, 0.25) is 5.02 Å². The second-order valence-corrected chi connectivity index (χ2v) is 7.75. The topological polar surface area (TPSA) is 57.5 Å². The molecule has 0 fully saturated rings. The van der Waals surface area contributed by atoms with E-state index in [1.165, 1.54) is 25.1 Å². The van der Waals surface area contributed by atoms with E-state index < -0.39 is 28.7 Å². The van der Waals surface area contributed by atoms with E-state index in [4.69, 9.17) is 21.1 Å². The normalized spacial score (nSPS) is 11.6. The van der Waals surface area contributed by atoms with Crippen LogP contribution in [0.4, 0.5) is 13.2 Å². The number of halogens is 5. The predicted octanol–water partition coefficient (Wildman–Crippen LogP) is 6.23. The molecule has 0 bridgehead atoms. The maximum atomic E-state index is 13.3. The second kappa shape index (κ2) is 8.92. The van der Waals surface area contributed by atoms with Gasteiger partial charge in [0.1, 0.15) is 11.4 Å². The molecular formula is C21H16BrClF3NO4. The van der Waals surface area contributed by atoms with Gasteiger partial charge in [-0.3, -0.25) is 4.79 Å². The number of ether oxygens (including phenoxy) is 2. The summed E-state index contributed by atoms with van der Waals surface area (Å²) in [6, 6.07) is 8.28. The SMILES string of the molecule is CCOC(=O)c1c(Br)c2cc(OC(C)=O)ccc2n1Cc1ccc(Cl)c(C(F)(F)F)c1. The predicted molar refractivity (Wildman–Crippen MR) is 112 cm³/mol. The highest BCUT2D eigenvalue weighted by atomic mass is 79.9. The maximum Gasteiger partial charge on any atom is 0.417 e. The lowest BCUT2D eigenvalue weighted by Gasteiger charge is -2.14. The molecule has 0 radical (unpaired) electrons. The van der Waals surface area contributed by atoms with Gasteiger partial charge in [-0.25, -0.2) is 4.79 Å². The van der Waals surface area contributed by atoms with Crippen LogP contribution in [0.15, 0.2) is 40.9 Å². The third-order valence-electron chi connectivity index (χ3n) is 4.38. The molecular weight excluding hydrogens is 503 g/mol. The average Bonchev–Trinajstić information content (AvgIpc) is 2.93. The van der Waals surface area contributed by atoms with Crippen molar-refractivity contribution in [1.29, 1.82) is 0 Å². The Morgan fingerprint density at radius 1 is 1.16 bits per heavy atom. The summed E-state index contributed by atoms with van der Waals surface area (Å²) < 4.78 is 51.9. The number of hydrogen-bond donors (Lipinski definition) is 0. The van der Waals surface area contributed by atoms with Crippen LogP contribution < -0.4 is 4.74 Å². The summed E-state index contributed by atoms with van der Waals surface area (Å²) in [6.07, 6.45) is -4.62. The zero-order valence-electron chi connectivity index (χ0n) is 16.3. The van der Waals surface area contributed by atoms with Crippen LogP contribution in [-0.2, 0) is 22.3 Å². The average molecular weight is 519 g/mol. The first-order chi connectivity index (χ1) is 14.5. The molecule has 3 rings (SSSR count). The molecule has 10 heteroatoms. The summed E-state index contributed by atoms with van der Waals surface area (Å²) >= 11 is 9.10. The Labute approximate surface area is 188 Å². The van der Waals surface area contributed by atoms with Gasteiger partial charge in [0.15, 0.2) is 0 Å². The molecule has 0 aliphatic rings. The number of alkyl halides is 3. The highest BCUT2D eigenvalue weighted by Gasteiger charge is 2.33. The molecule has 0 amide bonds. The third-order valence-corrected chi connectivity index (χ3v) is 5.51. The van der Waals surface area contributed by atoms with Gasteiger partial charge in [0.05, 0.1) is 27.2 Å². The van der Waals surface area contributed by atoms with Crippen molar-refractivity contribution in [3.8, 4) is 5.75 Å². The number of carbonyl (C=O) groups is 2. The van der Waals surface area contributed by atoms with Crippen molar-refractivity contribution in [2.45, 2.75) is 26.6 Å². The summed E-state index contributed by atoms with van der Waals surface area (Å²) in [4.78, 5) is 23.9. The maximum absolute atomic E-state index is 13.3. The van der Waals surface area contributed by atoms with Crippen molar-refractivity contribution >= 4 is 50.4 Å². The lowest BCUT2D eigenvalue weighted by Crippen LogP contribution is -2.14. The molecule has 0 spiro atoms. The number of carbonyl (C=O) groups excluding carboxylic acids is 2. The number of esters is 2. The van der Waals surface area contributed by atoms with E-state index in [1.807, 2.05) is 0 Å². The lowest BCUT2D eigenvalue weighted by atomic mass is 10.1. The highest BCUT2D eigenvalue weighted by Crippen LogP contribution is 2.37. The number of nitrogens with zero attached hydrogens (tertiary/aromatic N) is 1. The molecule has 0 unspecified atom stereocenters. The molecule has 5 nitrogen and oxygen atoms in total. The van der Waals surface area contributed by atoms with E-state index in [0.717, 1.165) is 6.07 Å². The van der Waals surface area contributed by atoms with Gasteiger partial charge in [-0.15, -0.1) is 0 Å². The lowest BCUT2D eigenvalue weighted by molar-refractivity contribution is -0.137. The summed E-state index contributed by atoms with van der Waals surface area (Å²) in [5.41, 5.74) is -0.0116. The number of aromatic nitrogens is 1. The molecule has 0 saturated heterocycles. The van der Waals surface area contributed by atoms with Gasteiger partial charge in [0.25, 0.3) is 0 Å². The fourth-order valence-corrected chi connectivity index (χ4v) is 4.07. The van der Waals surface area contributed by atoms with E-state index in [9.17, 15) is 22.8 Å². The first kappa shape index (κ1) is 23.1. The molecule has 0 N–H and O–H groups in total. The molecule has 3 aromatic rings. The summed E-state index contributed by atoms with van der Waals surface area (Å²) in [6.45, 7) is 2.97. The van der Waals surface area contributed by atoms with Gasteiger partial charge >= 0.3 is 18.1 Å². The van der Waals surface area contributed by atoms with Crippen molar-refractivity contribution in [3.05, 3.63) is 62.7 Å². The van der Waals surface area contributed by atoms with Crippen LogP contribution in [0.1, 0.15) is 35.5 Å². The van der Waals surface area contributed by atoms with Crippen LogP contribution in [0.25, 0.3) is 10.9 Å². The Morgan fingerprint density at radius 2 is 1.87 bits per heavy atom. The monoisotopic (exact) mass is 517 g/mol. The Balaban J connectivity index is 2.17. The van der Waals surface area contributed by atoms with Gasteiger partial charge in [-0.05, 0) is 58.7 Å². The zero-order valence-corrected chi connectivity index (χ0v) is 18.7. The van der Waals surface area contributed by atoms with Gasteiger partial charge in [0.2, 0.25) is 0 Å². The molecule has 164 valence electrons. The molecule has 0 aliphatic carbocycles. The van der Waals surface area contributed by atoms with Crippen LogP contribution in [0, 0.1) is 0 Å². The first-order valence-corrected chi connectivity index (χ1v) is 10.2. The Hall–Kier alpha value is -2.52. The molecule has 0 aliphatic heterocycles. The fraction of sp³-hybridized carbons (Fsp3) is 0.238. The largest absolute Gasteiger partial charge is 0.461 e. The number of fused-ring (bicyclic) bond motifs is 1. The van der Waals surface area contributed by atoms with E-state index in [-0.39, 0.29) is 30.2 Å². The van der Waals surface area contributed by atoms with Gasteiger partial charge in [-0.2, -0.15) is 13.2 Å². The van der Waals surface area contributed by atoms with Crippen LogP contribution in [0.5, 0.6) is 5.75 Å². The van der Waals surface area contributed by atoms with E-state index in [2.05, 4.69) is 15.9 Å². The molecule has 0 saturated carbocycles. The van der Waals surface area contributed by atoms with Crippen molar-refractivity contribution in [1.82, 2.24) is 4.57 Å². The number of benzene rings is 2. The quantitative estimate of drug-likeness (QED) is 0.297. The van der Waals surface area contributed by atoms with Gasteiger partial charge in [0, 0.05) is 18.9 Å². The zero-order chi connectivity index (χ0) is 22.9. The highest BCUT2D eigenvalue weighted by molar-refractivity contribution is 9.10. The fourth-order valence-electron chi connectivity index (χ4n) is 3.16. The van der Waals surface area contributed by atoms with Crippen LogP contribution >= 0.6 is 27.5 Å². The molecule has 1 heterocycles. The van der Waals surface area contributed by atoms with E-state index in [0.29, 0.717) is 15.4 Å². The van der Waals surface area contributed by atoms with E-state index in [1.54, 1.807) is 23.6 Å². The smallest absolute Gasteiger partial charge is 0.417 e. The Bertz CT molecular complexity index is 1170. The minimum absolute atomic E-state index is 0.0522. The standard InChI is InChI=1S/C21H16BrClF3NO4/c1-3-30-20(29)19-18(22)14-9-13(31-11(2)28)5-7-17(14)27(19)10-12-4-6-16(23)15(8-12)21(24,25)26/h4-9H,3,10H2,1-2H3. The molecule has 1 aromatic heterocycles. The summed E-state index contributed by atoms with van der Waals surface area (Å²) in [5.74, 6) is -0.898. The van der Waals surface area contributed by atoms with Gasteiger partial charge < -0.3 is 14.0 Å². The summed E-state index contributed by atoms with van der Waals surface area (Å²) in [5, 5.41) is 0.123. The molecule has 31 heavy (non-hydrogen) atoms. The Morgan fingerprint density at radius 3 is 2.48 bits per heavy atom. The van der Waals surface area contributed by atoms with E-state index >= 15 is 0 Å².